The van der Waals surface area contributed by atoms with Crippen molar-refractivity contribution in [3.8, 4) is 11.8 Å². The first-order valence-corrected chi connectivity index (χ1v) is 10.9. The number of benzene rings is 1. The van der Waals surface area contributed by atoms with Crippen molar-refractivity contribution in [2.75, 3.05) is 24.3 Å². The summed E-state index contributed by atoms with van der Waals surface area (Å²) < 4.78 is 5.41. The van der Waals surface area contributed by atoms with Crippen LogP contribution >= 0.6 is 23.1 Å². The Morgan fingerprint density at radius 3 is 2.76 bits per heavy atom. The summed E-state index contributed by atoms with van der Waals surface area (Å²) in [7, 11) is 1.57. The SMILES string of the molecule is COc1ccccc1N(CCC#N)C(=O)CSc1nc(C)nc2sc(C)c(C)c12. The predicted octanol–water partition coefficient (Wildman–Crippen LogP) is 4.66. The first-order valence-electron chi connectivity index (χ1n) is 9.13. The van der Waals surface area contributed by atoms with Gasteiger partial charge in [0.1, 0.15) is 21.4 Å². The maximum Gasteiger partial charge on any atom is 0.237 e. The van der Waals surface area contributed by atoms with E-state index in [9.17, 15) is 4.79 Å². The molecule has 1 aromatic carbocycles. The smallest absolute Gasteiger partial charge is 0.237 e. The van der Waals surface area contributed by atoms with Gasteiger partial charge >= 0.3 is 0 Å². The molecule has 0 bridgehead atoms. The van der Waals surface area contributed by atoms with Gasteiger partial charge in [-0.3, -0.25) is 4.79 Å². The third kappa shape index (κ3) is 4.52. The number of thioether (sulfide) groups is 1. The number of rotatable bonds is 7. The van der Waals surface area contributed by atoms with E-state index in [0.29, 0.717) is 23.8 Å². The third-order valence-electron chi connectivity index (χ3n) is 4.56. The van der Waals surface area contributed by atoms with Crippen LogP contribution in [0.15, 0.2) is 29.3 Å². The Kier molecular flexibility index (Phi) is 6.72. The van der Waals surface area contributed by atoms with Crippen LogP contribution in [0.5, 0.6) is 5.75 Å². The van der Waals surface area contributed by atoms with Crippen molar-refractivity contribution in [3.05, 3.63) is 40.5 Å². The average Bonchev–Trinajstić information content (AvgIpc) is 3.00. The number of hydrogen-bond donors (Lipinski definition) is 0. The number of fused-ring (bicyclic) bond motifs is 1. The van der Waals surface area contributed by atoms with Gasteiger partial charge in [-0.15, -0.1) is 11.3 Å². The molecule has 0 aliphatic heterocycles. The molecule has 3 aromatic rings. The molecule has 0 N–H and O–H groups in total. The highest BCUT2D eigenvalue weighted by atomic mass is 32.2. The lowest BCUT2D eigenvalue weighted by Crippen LogP contribution is -2.33. The number of ether oxygens (including phenoxy) is 1. The van der Waals surface area contributed by atoms with Crippen molar-refractivity contribution in [1.82, 2.24) is 9.97 Å². The molecular formula is C21H22N4O2S2. The Balaban J connectivity index is 1.88. The van der Waals surface area contributed by atoms with Crippen LogP contribution < -0.4 is 9.64 Å². The standard InChI is InChI=1S/C21H22N4O2S2/c1-13-14(2)29-21-19(13)20(23-15(3)24-21)28-12-18(26)25(11-7-10-22)16-8-5-6-9-17(16)27-4/h5-6,8-9H,7,11-12H2,1-4H3. The Labute approximate surface area is 178 Å². The number of aryl methyl sites for hydroxylation is 3. The molecule has 0 saturated heterocycles. The topological polar surface area (TPSA) is 79.1 Å². The lowest BCUT2D eigenvalue weighted by Gasteiger charge is -2.23. The minimum absolute atomic E-state index is 0.0937. The molecule has 0 radical (unpaired) electrons. The fourth-order valence-corrected chi connectivity index (χ4v) is 5.17. The zero-order valence-corrected chi connectivity index (χ0v) is 18.5. The largest absolute Gasteiger partial charge is 0.495 e. The van der Waals surface area contributed by atoms with Crippen molar-refractivity contribution >= 4 is 44.9 Å². The van der Waals surface area contributed by atoms with Gasteiger partial charge in [0.25, 0.3) is 0 Å². The van der Waals surface area contributed by atoms with Gasteiger partial charge in [0.05, 0.1) is 31.0 Å². The summed E-state index contributed by atoms with van der Waals surface area (Å²) in [4.78, 5) is 26.0. The van der Waals surface area contributed by atoms with Crippen LogP contribution in [0, 0.1) is 32.1 Å². The number of amides is 1. The second kappa shape index (κ2) is 9.25. The fourth-order valence-electron chi connectivity index (χ4n) is 3.02. The molecule has 3 rings (SSSR count). The van der Waals surface area contributed by atoms with Crippen molar-refractivity contribution in [3.63, 3.8) is 0 Å². The number of nitriles is 1. The van der Waals surface area contributed by atoms with E-state index in [-0.39, 0.29) is 18.1 Å². The van der Waals surface area contributed by atoms with Crippen LogP contribution in [0.3, 0.4) is 0 Å². The fraction of sp³-hybridized carbons (Fsp3) is 0.333. The molecule has 0 aliphatic rings. The summed E-state index contributed by atoms with van der Waals surface area (Å²) in [6.07, 6.45) is 0.244. The first-order chi connectivity index (χ1) is 14.0. The second-order valence-electron chi connectivity index (χ2n) is 6.45. The maximum atomic E-state index is 13.1. The summed E-state index contributed by atoms with van der Waals surface area (Å²) in [5, 5.41) is 10.9. The van der Waals surface area contributed by atoms with Gasteiger partial charge in [-0.1, -0.05) is 23.9 Å². The molecule has 0 atom stereocenters. The molecule has 0 aliphatic carbocycles. The number of carbonyl (C=O) groups excluding carboxylic acids is 1. The van der Waals surface area contributed by atoms with Crippen molar-refractivity contribution in [2.24, 2.45) is 0 Å². The highest BCUT2D eigenvalue weighted by Gasteiger charge is 2.21. The molecule has 0 fully saturated rings. The monoisotopic (exact) mass is 426 g/mol. The van der Waals surface area contributed by atoms with Gasteiger partial charge in [-0.05, 0) is 38.5 Å². The first kappa shape index (κ1) is 21.1. The summed E-state index contributed by atoms with van der Waals surface area (Å²) in [5.74, 6) is 1.42. The van der Waals surface area contributed by atoms with Crippen LogP contribution in [0.1, 0.15) is 22.7 Å². The zero-order valence-electron chi connectivity index (χ0n) is 16.9. The van der Waals surface area contributed by atoms with Crippen LogP contribution in [0.4, 0.5) is 5.69 Å². The van der Waals surface area contributed by atoms with E-state index in [1.807, 2.05) is 31.2 Å². The van der Waals surface area contributed by atoms with E-state index in [1.165, 1.54) is 16.6 Å². The van der Waals surface area contributed by atoms with Gasteiger partial charge in [0.2, 0.25) is 5.91 Å². The minimum Gasteiger partial charge on any atom is -0.495 e. The number of anilines is 1. The average molecular weight is 427 g/mol. The van der Waals surface area contributed by atoms with E-state index >= 15 is 0 Å². The molecule has 8 heteroatoms. The second-order valence-corrected chi connectivity index (χ2v) is 8.62. The number of thiophene rings is 1. The van der Waals surface area contributed by atoms with Crippen LogP contribution in [0.2, 0.25) is 0 Å². The van der Waals surface area contributed by atoms with Gasteiger partial charge in [-0.2, -0.15) is 5.26 Å². The van der Waals surface area contributed by atoms with Crippen LogP contribution in [-0.4, -0.2) is 35.3 Å². The highest BCUT2D eigenvalue weighted by molar-refractivity contribution is 8.00. The number of nitrogens with zero attached hydrogens (tertiary/aromatic N) is 4. The van der Waals surface area contributed by atoms with E-state index in [0.717, 1.165) is 20.8 Å². The van der Waals surface area contributed by atoms with Crippen molar-refractivity contribution in [1.29, 1.82) is 5.26 Å². The quantitative estimate of drug-likeness (QED) is 0.404. The van der Waals surface area contributed by atoms with E-state index in [1.54, 1.807) is 23.3 Å². The molecule has 1 amide bonds. The van der Waals surface area contributed by atoms with Crippen molar-refractivity contribution < 1.29 is 9.53 Å². The van der Waals surface area contributed by atoms with E-state index < -0.39 is 0 Å². The van der Waals surface area contributed by atoms with Crippen LogP contribution in [-0.2, 0) is 4.79 Å². The summed E-state index contributed by atoms with van der Waals surface area (Å²) >= 11 is 3.06. The highest BCUT2D eigenvalue weighted by Crippen LogP contribution is 2.35. The normalized spacial score (nSPS) is 10.7. The molecule has 0 unspecified atom stereocenters. The molecule has 2 heterocycles. The lowest BCUT2D eigenvalue weighted by molar-refractivity contribution is -0.116. The van der Waals surface area contributed by atoms with Crippen LogP contribution in [0.25, 0.3) is 10.2 Å². The maximum absolute atomic E-state index is 13.1. The molecule has 0 spiro atoms. The van der Waals surface area contributed by atoms with Gasteiger partial charge in [0, 0.05) is 16.8 Å². The molecule has 6 nitrogen and oxygen atoms in total. The van der Waals surface area contributed by atoms with Crippen molar-refractivity contribution in [2.45, 2.75) is 32.2 Å². The molecule has 0 saturated carbocycles. The number of hydrogen-bond acceptors (Lipinski definition) is 7. The summed E-state index contributed by atoms with van der Waals surface area (Å²) in [6.45, 7) is 6.31. The molecule has 150 valence electrons. The number of methoxy groups -OCH3 is 1. The summed E-state index contributed by atoms with van der Waals surface area (Å²) in [6, 6.07) is 9.46. The predicted molar refractivity (Wildman–Crippen MR) is 118 cm³/mol. The molecule has 2 aromatic heterocycles. The van der Waals surface area contributed by atoms with E-state index in [2.05, 4.69) is 29.9 Å². The Bertz CT molecular complexity index is 1090. The Morgan fingerprint density at radius 1 is 1.28 bits per heavy atom. The lowest BCUT2D eigenvalue weighted by atomic mass is 10.2. The molecule has 29 heavy (non-hydrogen) atoms. The Morgan fingerprint density at radius 2 is 2.03 bits per heavy atom. The van der Waals surface area contributed by atoms with Gasteiger partial charge < -0.3 is 9.64 Å². The Hall–Kier alpha value is -2.63. The van der Waals surface area contributed by atoms with E-state index in [4.69, 9.17) is 10.00 Å². The number of aromatic nitrogens is 2. The number of para-hydroxylation sites is 2. The molecular weight excluding hydrogens is 404 g/mol. The third-order valence-corrected chi connectivity index (χ3v) is 6.63. The van der Waals surface area contributed by atoms with Gasteiger partial charge in [0.15, 0.2) is 0 Å². The zero-order chi connectivity index (χ0) is 21.0. The van der Waals surface area contributed by atoms with Gasteiger partial charge in [-0.25, -0.2) is 9.97 Å². The summed E-state index contributed by atoms with van der Waals surface area (Å²) in [5.41, 5.74) is 1.83. The number of carbonyl (C=O) groups is 1. The minimum atomic E-state index is -0.0937.